The normalized spacial score (nSPS) is 23.8. The molecule has 2 fully saturated rings. The van der Waals surface area contributed by atoms with Gasteiger partial charge in [0.1, 0.15) is 0 Å². The quantitative estimate of drug-likeness (QED) is 0.839. The average molecular weight is 280 g/mol. The second kappa shape index (κ2) is 8.02. The maximum absolute atomic E-state index is 12.3. The Morgan fingerprint density at radius 3 is 2.45 bits per heavy atom. The Labute approximate surface area is 124 Å². The summed E-state index contributed by atoms with van der Waals surface area (Å²) in [5, 5.41) is 3.42. The van der Waals surface area contributed by atoms with Gasteiger partial charge in [-0.05, 0) is 62.9 Å². The molecule has 0 spiro atoms. The molecule has 1 unspecified atom stereocenters. The summed E-state index contributed by atoms with van der Waals surface area (Å²) in [6, 6.07) is 0. The zero-order valence-electron chi connectivity index (χ0n) is 13.4. The van der Waals surface area contributed by atoms with E-state index in [0.717, 1.165) is 50.9 Å². The van der Waals surface area contributed by atoms with Crippen molar-refractivity contribution < 1.29 is 4.79 Å². The number of carbonyl (C=O) groups is 1. The Morgan fingerprint density at radius 2 is 1.85 bits per heavy atom. The van der Waals surface area contributed by atoms with Gasteiger partial charge in [-0.15, -0.1) is 0 Å². The zero-order valence-corrected chi connectivity index (χ0v) is 13.4. The number of hydrogen-bond acceptors (Lipinski definition) is 2. The first-order chi connectivity index (χ1) is 9.70. The number of hydrogen-bond donors (Lipinski definition) is 1. The van der Waals surface area contributed by atoms with Crippen LogP contribution in [0.5, 0.6) is 0 Å². The van der Waals surface area contributed by atoms with Gasteiger partial charge in [0.2, 0.25) is 5.91 Å². The van der Waals surface area contributed by atoms with E-state index in [1.807, 2.05) is 0 Å². The Kier molecular flexibility index (Phi) is 6.34. The lowest BCUT2D eigenvalue weighted by molar-refractivity contribution is -0.133. The molecule has 116 valence electrons. The predicted molar refractivity (Wildman–Crippen MR) is 83.6 cm³/mol. The van der Waals surface area contributed by atoms with Crippen LogP contribution in [0.25, 0.3) is 0 Å². The van der Waals surface area contributed by atoms with Crippen molar-refractivity contribution in [2.24, 2.45) is 17.8 Å². The molecule has 0 saturated carbocycles. The molecule has 3 nitrogen and oxygen atoms in total. The van der Waals surface area contributed by atoms with E-state index in [4.69, 9.17) is 0 Å². The van der Waals surface area contributed by atoms with E-state index < -0.39 is 0 Å². The van der Waals surface area contributed by atoms with E-state index >= 15 is 0 Å². The third-order valence-electron chi connectivity index (χ3n) is 5.55. The molecule has 1 amide bonds. The van der Waals surface area contributed by atoms with Crippen molar-refractivity contribution in [1.82, 2.24) is 10.2 Å². The lowest BCUT2D eigenvalue weighted by Gasteiger charge is -2.32. The third kappa shape index (κ3) is 4.47. The van der Waals surface area contributed by atoms with Crippen molar-refractivity contribution in [3.05, 3.63) is 0 Å². The van der Waals surface area contributed by atoms with Crippen molar-refractivity contribution in [3.63, 3.8) is 0 Å². The van der Waals surface area contributed by atoms with E-state index in [9.17, 15) is 4.79 Å². The van der Waals surface area contributed by atoms with Gasteiger partial charge in [-0.1, -0.05) is 20.3 Å². The summed E-state index contributed by atoms with van der Waals surface area (Å²) >= 11 is 0. The number of likely N-dealkylation sites (tertiary alicyclic amines) is 1. The first-order valence-corrected chi connectivity index (χ1v) is 8.69. The predicted octanol–water partition coefficient (Wildman–Crippen LogP) is 3.05. The fourth-order valence-electron chi connectivity index (χ4n) is 3.75. The van der Waals surface area contributed by atoms with E-state index in [-0.39, 0.29) is 0 Å². The van der Waals surface area contributed by atoms with Crippen molar-refractivity contribution >= 4 is 5.91 Å². The number of nitrogens with zero attached hydrogens (tertiary/aromatic N) is 1. The lowest BCUT2D eigenvalue weighted by Crippen LogP contribution is -2.38. The summed E-state index contributed by atoms with van der Waals surface area (Å²) in [6.07, 6.45) is 8.13. The smallest absolute Gasteiger partial charge is 0.222 e. The summed E-state index contributed by atoms with van der Waals surface area (Å²) in [7, 11) is 0. The molecule has 2 rings (SSSR count). The average Bonchev–Trinajstić information content (AvgIpc) is 2.53. The van der Waals surface area contributed by atoms with Crippen LogP contribution in [0.3, 0.4) is 0 Å². The number of rotatable bonds is 5. The van der Waals surface area contributed by atoms with Gasteiger partial charge in [0.25, 0.3) is 0 Å². The molecule has 20 heavy (non-hydrogen) atoms. The molecule has 0 aromatic carbocycles. The second-order valence-electron chi connectivity index (χ2n) is 6.84. The minimum atomic E-state index is 0.403. The molecule has 0 bridgehead atoms. The number of nitrogens with one attached hydrogen (secondary N) is 1. The Balaban J connectivity index is 1.66. The van der Waals surface area contributed by atoms with Crippen LogP contribution in [0.4, 0.5) is 0 Å². The second-order valence-corrected chi connectivity index (χ2v) is 6.84. The highest BCUT2D eigenvalue weighted by Gasteiger charge is 2.24. The molecule has 1 N–H and O–H groups in total. The van der Waals surface area contributed by atoms with Gasteiger partial charge < -0.3 is 10.2 Å². The van der Waals surface area contributed by atoms with Gasteiger partial charge in [0.15, 0.2) is 0 Å². The summed E-state index contributed by atoms with van der Waals surface area (Å²) in [5.41, 5.74) is 0. The molecular formula is C17H32N2O. The van der Waals surface area contributed by atoms with Crippen LogP contribution < -0.4 is 5.32 Å². The zero-order chi connectivity index (χ0) is 14.4. The molecule has 0 aromatic heterocycles. The molecule has 0 aliphatic carbocycles. The van der Waals surface area contributed by atoms with Crippen molar-refractivity contribution in [3.8, 4) is 0 Å². The molecule has 2 aliphatic heterocycles. The van der Waals surface area contributed by atoms with Crippen LogP contribution >= 0.6 is 0 Å². The maximum Gasteiger partial charge on any atom is 0.222 e. The van der Waals surface area contributed by atoms with Crippen molar-refractivity contribution in [1.29, 1.82) is 0 Å². The van der Waals surface area contributed by atoms with Gasteiger partial charge in [-0.2, -0.15) is 0 Å². The minimum absolute atomic E-state index is 0.403. The van der Waals surface area contributed by atoms with Crippen LogP contribution in [0.1, 0.15) is 58.8 Å². The largest absolute Gasteiger partial charge is 0.343 e. The summed E-state index contributed by atoms with van der Waals surface area (Å²) in [5.74, 6) is 2.79. The lowest BCUT2D eigenvalue weighted by atomic mass is 9.83. The monoisotopic (exact) mass is 280 g/mol. The third-order valence-corrected chi connectivity index (χ3v) is 5.55. The van der Waals surface area contributed by atoms with Crippen LogP contribution in [0, 0.1) is 17.8 Å². The molecule has 2 heterocycles. The Morgan fingerprint density at radius 1 is 1.20 bits per heavy atom. The van der Waals surface area contributed by atoms with Gasteiger partial charge in [-0.25, -0.2) is 0 Å². The first-order valence-electron chi connectivity index (χ1n) is 8.69. The number of piperidine rings is 2. The van der Waals surface area contributed by atoms with Crippen LogP contribution in [-0.2, 0) is 4.79 Å². The molecular weight excluding hydrogens is 248 g/mol. The molecule has 3 heteroatoms. The highest BCUT2D eigenvalue weighted by Crippen LogP contribution is 2.26. The van der Waals surface area contributed by atoms with Gasteiger partial charge in [0, 0.05) is 19.5 Å². The molecule has 0 radical (unpaired) electrons. The maximum atomic E-state index is 12.3. The number of carbonyl (C=O) groups excluding carboxylic acids is 1. The fraction of sp³-hybridized carbons (Fsp3) is 0.941. The Hall–Kier alpha value is -0.570. The number of amides is 1. The minimum Gasteiger partial charge on any atom is -0.343 e. The topological polar surface area (TPSA) is 32.3 Å². The van der Waals surface area contributed by atoms with Gasteiger partial charge in [-0.3, -0.25) is 4.79 Å². The van der Waals surface area contributed by atoms with Crippen molar-refractivity contribution in [2.45, 2.75) is 58.8 Å². The fourth-order valence-corrected chi connectivity index (χ4v) is 3.75. The molecule has 0 aromatic rings. The summed E-state index contributed by atoms with van der Waals surface area (Å²) in [4.78, 5) is 14.4. The summed E-state index contributed by atoms with van der Waals surface area (Å²) < 4.78 is 0. The van der Waals surface area contributed by atoms with Gasteiger partial charge >= 0.3 is 0 Å². The molecule has 2 saturated heterocycles. The van der Waals surface area contributed by atoms with E-state index in [1.165, 1.54) is 32.1 Å². The van der Waals surface area contributed by atoms with Crippen LogP contribution in [-0.4, -0.2) is 37.0 Å². The highest BCUT2D eigenvalue weighted by atomic mass is 16.2. The molecule has 1 atom stereocenters. The van der Waals surface area contributed by atoms with Crippen molar-refractivity contribution in [2.75, 3.05) is 26.2 Å². The SMILES string of the molecule is CCC1CCN(C(=O)CCC(C)C2CCNCC2)CC1. The first kappa shape index (κ1) is 15.8. The van der Waals surface area contributed by atoms with E-state index in [1.54, 1.807) is 0 Å². The Bertz CT molecular complexity index is 291. The van der Waals surface area contributed by atoms with Crippen LogP contribution in [0.15, 0.2) is 0 Å². The molecule has 2 aliphatic rings. The van der Waals surface area contributed by atoms with E-state index in [2.05, 4.69) is 24.1 Å². The van der Waals surface area contributed by atoms with Crippen LogP contribution in [0.2, 0.25) is 0 Å². The highest BCUT2D eigenvalue weighted by molar-refractivity contribution is 5.76. The van der Waals surface area contributed by atoms with E-state index in [0.29, 0.717) is 11.8 Å². The standard InChI is InChI=1S/C17H32N2O/c1-3-15-8-12-19(13-9-15)17(20)5-4-14(2)16-6-10-18-11-7-16/h14-16,18H,3-13H2,1-2H3. The van der Waals surface area contributed by atoms with Gasteiger partial charge in [0.05, 0.1) is 0 Å². The summed E-state index contributed by atoms with van der Waals surface area (Å²) in [6.45, 7) is 8.93.